The van der Waals surface area contributed by atoms with Crippen LogP contribution < -0.4 is 4.74 Å². The summed E-state index contributed by atoms with van der Waals surface area (Å²) < 4.78 is 33.0. The van der Waals surface area contributed by atoms with Crippen LogP contribution in [0.4, 0.5) is 8.78 Å². The fraction of sp³-hybridized carbons (Fsp3) is 0.364. The average molecular weight is 254 g/mol. The van der Waals surface area contributed by atoms with Crippen molar-refractivity contribution in [1.29, 1.82) is 0 Å². The van der Waals surface area contributed by atoms with E-state index in [1.165, 1.54) is 0 Å². The molecule has 0 saturated carbocycles. The van der Waals surface area contributed by atoms with Crippen molar-refractivity contribution >= 4 is 0 Å². The molecule has 5 nitrogen and oxygen atoms in total. The van der Waals surface area contributed by atoms with E-state index in [-0.39, 0.29) is 12.4 Å². The molecule has 0 N–H and O–H groups in total. The van der Waals surface area contributed by atoms with Crippen molar-refractivity contribution in [2.24, 2.45) is 0 Å². The van der Waals surface area contributed by atoms with E-state index in [1.807, 2.05) is 6.92 Å². The Hall–Kier alpha value is -2.05. The molecule has 0 aliphatic heterocycles. The number of halogens is 2. The molecular formula is C11H12F2N4O. The van der Waals surface area contributed by atoms with Gasteiger partial charge in [-0.15, -0.1) is 5.10 Å². The summed E-state index contributed by atoms with van der Waals surface area (Å²) in [5.74, 6) is -0.855. The molecule has 0 unspecified atom stereocenters. The second kappa shape index (κ2) is 5.52. The number of benzene rings is 1. The standard InChI is InChI=1S/C11H12F2N4O/c1-2-5-17-11(14-15-16-17)7-18-10-6-8(12)3-4-9(10)13/h3-4,6H,2,5,7H2,1H3. The molecule has 7 heteroatoms. The van der Waals surface area contributed by atoms with Gasteiger partial charge in [-0.25, -0.2) is 13.5 Å². The predicted molar refractivity (Wildman–Crippen MR) is 58.8 cm³/mol. The van der Waals surface area contributed by atoms with Crippen molar-refractivity contribution in [2.45, 2.75) is 26.5 Å². The van der Waals surface area contributed by atoms with Crippen molar-refractivity contribution in [3.05, 3.63) is 35.7 Å². The Morgan fingerprint density at radius 2 is 2.17 bits per heavy atom. The van der Waals surface area contributed by atoms with Gasteiger partial charge in [0, 0.05) is 12.6 Å². The highest BCUT2D eigenvalue weighted by Crippen LogP contribution is 2.18. The largest absolute Gasteiger partial charge is 0.482 e. The third-order valence-electron chi connectivity index (χ3n) is 2.29. The molecule has 0 aliphatic carbocycles. The monoisotopic (exact) mass is 254 g/mol. The maximum absolute atomic E-state index is 13.3. The van der Waals surface area contributed by atoms with Gasteiger partial charge < -0.3 is 4.74 Å². The molecule has 1 aromatic carbocycles. The molecule has 18 heavy (non-hydrogen) atoms. The third kappa shape index (κ3) is 2.79. The van der Waals surface area contributed by atoms with Gasteiger partial charge in [-0.05, 0) is 29.0 Å². The number of rotatable bonds is 5. The molecule has 1 aromatic heterocycles. The van der Waals surface area contributed by atoms with E-state index in [0.29, 0.717) is 12.4 Å². The molecule has 0 saturated heterocycles. The van der Waals surface area contributed by atoms with Gasteiger partial charge in [0.05, 0.1) is 0 Å². The minimum Gasteiger partial charge on any atom is -0.482 e. The summed E-state index contributed by atoms with van der Waals surface area (Å²) in [4.78, 5) is 0. The van der Waals surface area contributed by atoms with Gasteiger partial charge in [-0.3, -0.25) is 0 Å². The first-order chi connectivity index (χ1) is 8.70. The SMILES string of the molecule is CCCn1nnnc1COc1cc(F)ccc1F. The zero-order valence-corrected chi connectivity index (χ0v) is 9.81. The molecular weight excluding hydrogens is 242 g/mol. The minimum atomic E-state index is -0.620. The summed E-state index contributed by atoms with van der Waals surface area (Å²) in [6.45, 7) is 2.63. The quantitative estimate of drug-likeness (QED) is 0.818. The Bertz CT molecular complexity index is 530. The number of hydrogen-bond acceptors (Lipinski definition) is 4. The topological polar surface area (TPSA) is 52.8 Å². The zero-order valence-electron chi connectivity index (χ0n) is 9.81. The predicted octanol–water partition coefficient (Wildman–Crippen LogP) is 1.94. The van der Waals surface area contributed by atoms with E-state index < -0.39 is 11.6 Å². The Morgan fingerprint density at radius 1 is 1.33 bits per heavy atom. The van der Waals surface area contributed by atoms with E-state index in [0.717, 1.165) is 24.6 Å². The first kappa shape index (κ1) is 12.4. The van der Waals surface area contributed by atoms with E-state index in [9.17, 15) is 8.78 Å². The van der Waals surface area contributed by atoms with Gasteiger partial charge in [-0.2, -0.15) is 0 Å². The van der Waals surface area contributed by atoms with Gasteiger partial charge in [0.25, 0.3) is 0 Å². The van der Waals surface area contributed by atoms with Gasteiger partial charge in [0.1, 0.15) is 12.4 Å². The Kier molecular flexibility index (Phi) is 3.81. The number of ether oxygens (including phenoxy) is 1. The minimum absolute atomic E-state index is 0.00657. The number of hydrogen-bond donors (Lipinski definition) is 0. The zero-order chi connectivity index (χ0) is 13.0. The second-order valence-electron chi connectivity index (χ2n) is 3.68. The van der Waals surface area contributed by atoms with Crippen LogP contribution in [0.3, 0.4) is 0 Å². The van der Waals surface area contributed by atoms with Crippen LogP contribution in [0, 0.1) is 11.6 Å². The van der Waals surface area contributed by atoms with Crippen molar-refractivity contribution in [1.82, 2.24) is 20.2 Å². The normalized spacial score (nSPS) is 10.6. The molecule has 0 bridgehead atoms. The lowest BCUT2D eigenvalue weighted by atomic mass is 10.3. The van der Waals surface area contributed by atoms with Gasteiger partial charge in [-0.1, -0.05) is 6.92 Å². The van der Waals surface area contributed by atoms with E-state index >= 15 is 0 Å². The van der Waals surface area contributed by atoms with Gasteiger partial charge >= 0.3 is 0 Å². The third-order valence-corrected chi connectivity index (χ3v) is 2.29. The lowest BCUT2D eigenvalue weighted by molar-refractivity contribution is 0.271. The average Bonchev–Trinajstić information content (AvgIpc) is 2.78. The maximum atomic E-state index is 13.3. The first-order valence-corrected chi connectivity index (χ1v) is 5.53. The van der Waals surface area contributed by atoms with Crippen LogP contribution >= 0.6 is 0 Å². The Balaban J connectivity index is 2.06. The van der Waals surface area contributed by atoms with Crippen LogP contribution in [0.25, 0.3) is 0 Å². The highest BCUT2D eigenvalue weighted by atomic mass is 19.1. The number of nitrogens with zero attached hydrogens (tertiary/aromatic N) is 4. The number of tetrazole rings is 1. The van der Waals surface area contributed by atoms with Crippen molar-refractivity contribution in [3.63, 3.8) is 0 Å². The van der Waals surface area contributed by atoms with Crippen LogP contribution in [0.5, 0.6) is 5.75 Å². The fourth-order valence-corrected chi connectivity index (χ4v) is 1.44. The summed E-state index contributed by atoms with van der Waals surface area (Å²) in [5, 5.41) is 11.0. The molecule has 0 aliphatic rings. The number of aromatic nitrogens is 4. The molecule has 2 rings (SSSR count). The maximum Gasteiger partial charge on any atom is 0.189 e. The van der Waals surface area contributed by atoms with Crippen molar-refractivity contribution in [2.75, 3.05) is 0 Å². The first-order valence-electron chi connectivity index (χ1n) is 5.53. The van der Waals surface area contributed by atoms with Gasteiger partial charge in [0.2, 0.25) is 0 Å². The molecule has 0 fully saturated rings. The van der Waals surface area contributed by atoms with E-state index in [1.54, 1.807) is 4.68 Å². The van der Waals surface area contributed by atoms with Crippen molar-refractivity contribution in [3.8, 4) is 5.75 Å². The molecule has 0 spiro atoms. The summed E-state index contributed by atoms with van der Waals surface area (Å²) >= 11 is 0. The number of aryl methyl sites for hydroxylation is 1. The fourth-order valence-electron chi connectivity index (χ4n) is 1.44. The van der Waals surface area contributed by atoms with Crippen LogP contribution in [0.1, 0.15) is 19.2 Å². The lowest BCUT2D eigenvalue weighted by Crippen LogP contribution is -2.09. The highest BCUT2D eigenvalue weighted by molar-refractivity contribution is 5.24. The lowest BCUT2D eigenvalue weighted by Gasteiger charge is -2.07. The Labute approximate surface area is 102 Å². The smallest absolute Gasteiger partial charge is 0.189 e. The second-order valence-corrected chi connectivity index (χ2v) is 3.68. The van der Waals surface area contributed by atoms with Crippen LogP contribution in [-0.2, 0) is 13.2 Å². The summed E-state index contributed by atoms with van der Waals surface area (Å²) in [7, 11) is 0. The van der Waals surface area contributed by atoms with E-state index in [2.05, 4.69) is 15.5 Å². The van der Waals surface area contributed by atoms with Crippen LogP contribution in [0.2, 0.25) is 0 Å². The summed E-state index contributed by atoms with van der Waals surface area (Å²) in [6.07, 6.45) is 0.867. The van der Waals surface area contributed by atoms with Crippen LogP contribution in [-0.4, -0.2) is 20.2 Å². The molecule has 1 heterocycles. The van der Waals surface area contributed by atoms with Gasteiger partial charge in [0.15, 0.2) is 17.4 Å². The molecule has 0 atom stereocenters. The summed E-state index contributed by atoms with van der Waals surface area (Å²) in [5.41, 5.74) is 0. The molecule has 96 valence electrons. The van der Waals surface area contributed by atoms with Crippen LogP contribution in [0.15, 0.2) is 18.2 Å². The highest BCUT2D eigenvalue weighted by Gasteiger charge is 2.09. The Morgan fingerprint density at radius 3 is 2.94 bits per heavy atom. The van der Waals surface area contributed by atoms with Crippen molar-refractivity contribution < 1.29 is 13.5 Å². The van der Waals surface area contributed by atoms with E-state index in [4.69, 9.17) is 4.74 Å². The molecule has 0 amide bonds. The molecule has 0 radical (unpaired) electrons. The molecule has 2 aromatic rings. The summed E-state index contributed by atoms with van der Waals surface area (Å²) in [6, 6.07) is 3.03.